The first kappa shape index (κ1) is 16.8. The number of rotatable bonds is 6. The minimum atomic E-state index is -1.22. The van der Waals surface area contributed by atoms with Gasteiger partial charge in [0.05, 0.1) is 19.2 Å². The Kier molecular flexibility index (Phi) is 11.2. The van der Waals surface area contributed by atoms with Crippen molar-refractivity contribution in [2.45, 2.75) is 25.7 Å². The number of carboxylic acid groups (broad SMARTS) is 1. The fourth-order valence-electron chi connectivity index (χ4n) is 0.820. The first-order valence-corrected chi connectivity index (χ1v) is 4.06. The standard InChI is InChI=1S/C8H13NO5.Na/c1-14-8(12)5-3-6(9-13)2-4-7(10)11;/h13H,2-5H2,1H3,(H,10,11);/q;+1/p-1/b9-6+;. The maximum absolute atomic E-state index is 10.7. The Morgan fingerprint density at radius 2 is 1.80 bits per heavy atom. The second kappa shape index (κ2) is 9.95. The molecule has 80 valence electrons. The van der Waals surface area contributed by atoms with Crippen molar-refractivity contribution in [2.24, 2.45) is 5.16 Å². The van der Waals surface area contributed by atoms with Crippen LogP contribution in [0.1, 0.15) is 25.7 Å². The number of aliphatic carboxylic acids is 1. The first-order valence-electron chi connectivity index (χ1n) is 4.06. The molecule has 0 fully saturated rings. The molecule has 0 aliphatic carbocycles. The number of carbonyl (C=O) groups is 2. The van der Waals surface area contributed by atoms with Gasteiger partial charge in [0.2, 0.25) is 0 Å². The Morgan fingerprint density at radius 1 is 1.27 bits per heavy atom. The SMILES string of the molecule is COC(=O)CC/C(CCC(=O)[O-])=N/O.[Na+]. The quantitative estimate of drug-likeness (QED) is 0.165. The molecule has 0 heterocycles. The summed E-state index contributed by atoms with van der Waals surface area (Å²) in [6.07, 6.45) is 0.121. The number of carboxylic acids is 1. The average Bonchev–Trinajstić information content (AvgIpc) is 2.17. The summed E-state index contributed by atoms with van der Waals surface area (Å²) in [6, 6.07) is 0. The molecule has 0 aliphatic heterocycles. The van der Waals surface area contributed by atoms with E-state index in [4.69, 9.17) is 5.21 Å². The zero-order valence-electron chi connectivity index (χ0n) is 8.86. The Labute approximate surface area is 110 Å². The average molecular weight is 225 g/mol. The van der Waals surface area contributed by atoms with Crippen LogP contribution in [0, 0.1) is 0 Å². The van der Waals surface area contributed by atoms with E-state index in [9.17, 15) is 14.7 Å². The molecule has 1 N–H and O–H groups in total. The van der Waals surface area contributed by atoms with Gasteiger partial charge in [0.25, 0.3) is 0 Å². The minimum Gasteiger partial charge on any atom is -0.550 e. The van der Waals surface area contributed by atoms with Crippen molar-refractivity contribution < 1.29 is 54.2 Å². The van der Waals surface area contributed by atoms with Crippen molar-refractivity contribution >= 4 is 17.7 Å². The van der Waals surface area contributed by atoms with Crippen molar-refractivity contribution in [1.82, 2.24) is 0 Å². The predicted octanol–water partition coefficient (Wildman–Crippen LogP) is -3.70. The van der Waals surface area contributed by atoms with Gasteiger partial charge in [0.15, 0.2) is 0 Å². The van der Waals surface area contributed by atoms with Crippen LogP contribution >= 0.6 is 0 Å². The van der Waals surface area contributed by atoms with Gasteiger partial charge in [-0.25, -0.2) is 0 Å². The molecule has 0 saturated heterocycles. The topological polar surface area (TPSA) is 99.0 Å². The largest absolute Gasteiger partial charge is 1.00 e. The molecule has 0 radical (unpaired) electrons. The molecule has 0 aromatic carbocycles. The van der Waals surface area contributed by atoms with Gasteiger partial charge in [-0.1, -0.05) is 5.16 Å². The van der Waals surface area contributed by atoms with Crippen molar-refractivity contribution in [3.05, 3.63) is 0 Å². The van der Waals surface area contributed by atoms with Gasteiger partial charge < -0.3 is 19.8 Å². The van der Waals surface area contributed by atoms with Crippen LogP contribution in [0.3, 0.4) is 0 Å². The zero-order chi connectivity index (χ0) is 11.0. The molecule has 0 saturated carbocycles. The second-order valence-corrected chi connectivity index (χ2v) is 2.61. The molecule has 0 unspecified atom stereocenters. The summed E-state index contributed by atoms with van der Waals surface area (Å²) in [7, 11) is 1.25. The molecular weight excluding hydrogens is 213 g/mol. The fourth-order valence-corrected chi connectivity index (χ4v) is 0.820. The van der Waals surface area contributed by atoms with Crippen LogP contribution < -0.4 is 34.7 Å². The number of oxime groups is 1. The Bertz CT molecular complexity index is 241. The summed E-state index contributed by atoms with van der Waals surface area (Å²) in [6.45, 7) is 0. The predicted molar refractivity (Wildman–Crippen MR) is 44.7 cm³/mol. The molecule has 0 spiro atoms. The van der Waals surface area contributed by atoms with Crippen molar-refractivity contribution in [1.29, 1.82) is 0 Å². The van der Waals surface area contributed by atoms with E-state index < -0.39 is 11.9 Å². The number of nitrogens with zero attached hydrogens (tertiary/aromatic N) is 1. The number of ether oxygens (including phenoxy) is 1. The van der Waals surface area contributed by atoms with Gasteiger partial charge in [-0.3, -0.25) is 4.79 Å². The number of carbonyl (C=O) groups excluding carboxylic acids is 2. The molecule has 0 aromatic heterocycles. The summed E-state index contributed by atoms with van der Waals surface area (Å²) >= 11 is 0. The summed E-state index contributed by atoms with van der Waals surface area (Å²) < 4.78 is 4.37. The number of hydrogen-bond donors (Lipinski definition) is 1. The monoisotopic (exact) mass is 225 g/mol. The normalized spacial score (nSPS) is 10.3. The smallest absolute Gasteiger partial charge is 0.550 e. The zero-order valence-corrected chi connectivity index (χ0v) is 10.9. The van der Waals surface area contributed by atoms with Gasteiger partial charge in [-0.15, -0.1) is 0 Å². The fraction of sp³-hybridized carbons (Fsp3) is 0.625. The van der Waals surface area contributed by atoms with Gasteiger partial charge >= 0.3 is 35.5 Å². The van der Waals surface area contributed by atoms with Crippen LogP contribution in [0.25, 0.3) is 0 Å². The molecule has 0 amide bonds. The maximum Gasteiger partial charge on any atom is 1.00 e. The Morgan fingerprint density at radius 3 is 2.20 bits per heavy atom. The van der Waals surface area contributed by atoms with E-state index in [0.717, 1.165) is 0 Å². The molecule has 0 aromatic rings. The third-order valence-electron chi connectivity index (χ3n) is 1.60. The van der Waals surface area contributed by atoms with Gasteiger partial charge in [0.1, 0.15) is 0 Å². The molecule has 0 bridgehead atoms. The van der Waals surface area contributed by atoms with E-state index in [1.807, 2.05) is 0 Å². The van der Waals surface area contributed by atoms with E-state index in [1.165, 1.54) is 7.11 Å². The van der Waals surface area contributed by atoms with Crippen molar-refractivity contribution in [3.8, 4) is 0 Å². The van der Waals surface area contributed by atoms with Crippen molar-refractivity contribution in [3.63, 3.8) is 0 Å². The van der Waals surface area contributed by atoms with Crippen LogP contribution in [0.5, 0.6) is 0 Å². The molecule has 6 nitrogen and oxygen atoms in total. The van der Waals surface area contributed by atoms with E-state index in [1.54, 1.807) is 0 Å². The van der Waals surface area contributed by atoms with Crippen LogP contribution in [-0.2, 0) is 14.3 Å². The third-order valence-corrected chi connectivity index (χ3v) is 1.60. The van der Waals surface area contributed by atoms with E-state index in [-0.39, 0.29) is 61.0 Å². The van der Waals surface area contributed by atoms with Gasteiger partial charge in [-0.05, 0) is 19.3 Å². The minimum absolute atomic E-state index is 0. The molecule has 0 atom stereocenters. The van der Waals surface area contributed by atoms with Crippen LogP contribution in [0.4, 0.5) is 0 Å². The Balaban J connectivity index is 0. The molecule has 15 heavy (non-hydrogen) atoms. The first-order chi connectivity index (χ1) is 6.60. The summed E-state index contributed by atoms with van der Waals surface area (Å²) in [5, 5.41) is 21.4. The molecule has 0 aliphatic rings. The van der Waals surface area contributed by atoms with Crippen LogP contribution in [0.15, 0.2) is 5.16 Å². The van der Waals surface area contributed by atoms with E-state index in [2.05, 4.69) is 9.89 Å². The van der Waals surface area contributed by atoms with Crippen LogP contribution in [0.2, 0.25) is 0 Å². The molecule has 0 rings (SSSR count). The number of methoxy groups -OCH3 is 1. The molecule has 7 heteroatoms. The maximum atomic E-state index is 10.7. The van der Waals surface area contributed by atoms with Crippen molar-refractivity contribution in [2.75, 3.05) is 7.11 Å². The number of esters is 1. The van der Waals surface area contributed by atoms with Crippen LogP contribution in [-0.4, -0.2) is 30.0 Å². The Hall–Kier alpha value is -0.590. The number of hydrogen-bond acceptors (Lipinski definition) is 6. The van der Waals surface area contributed by atoms with Gasteiger partial charge in [-0.2, -0.15) is 0 Å². The van der Waals surface area contributed by atoms with Gasteiger partial charge in [0, 0.05) is 5.97 Å². The summed E-state index contributed by atoms with van der Waals surface area (Å²) in [5.41, 5.74) is 0.250. The van der Waals surface area contributed by atoms with E-state index in [0.29, 0.717) is 0 Å². The summed E-state index contributed by atoms with van der Waals surface area (Å²) in [4.78, 5) is 20.8. The molecular formula is C8H12NNaO5. The second-order valence-electron chi connectivity index (χ2n) is 2.61. The van der Waals surface area contributed by atoms with E-state index >= 15 is 0 Å². The third kappa shape index (κ3) is 9.71. The summed E-state index contributed by atoms with van der Waals surface area (Å²) in [5.74, 6) is -1.65.